The molecule has 0 amide bonds. The monoisotopic (exact) mass is 218 g/mol. The first-order chi connectivity index (χ1) is 7.67. The second-order valence-electron chi connectivity index (χ2n) is 3.94. The van der Waals surface area contributed by atoms with Gasteiger partial charge in [0, 0.05) is 24.5 Å². The number of aromatic nitrogens is 4. The first-order valence-corrected chi connectivity index (χ1v) is 5.76. The molecule has 0 atom stereocenters. The van der Waals surface area contributed by atoms with Crippen molar-refractivity contribution in [1.82, 2.24) is 19.6 Å². The van der Waals surface area contributed by atoms with E-state index in [2.05, 4.69) is 37.9 Å². The lowest BCUT2D eigenvalue weighted by atomic mass is 10.1. The van der Waals surface area contributed by atoms with Gasteiger partial charge in [0.25, 0.3) is 0 Å². The van der Waals surface area contributed by atoms with Crippen LogP contribution in [-0.4, -0.2) is 19.6 Å². The van der Waals surface area contributed by atoms with Gasteiger partial charge in [-0.2, -0.15) is 10.2 Å². The predicted molar refractivity (Wildman–Crippen MR) is 63.9 cm³/mol. The van der Waals surface area contributed by atoms with Crippen molar-refractivity contribution in [3.05, 3.63) is 29.2 Å². The van der Waals surface area contributed by atoms with E-state index in [0.717, 1.165) is 24.5 Å². The van der Waals surface area contributed by atoms with Gasteiger partial charge in [-0.05, 0) is 32.8 Å². The second kappa shape index (κ2) is 4.12. The second-order valence-corrected chi connectivity index (χ2v) is 3.94. The molecule has 0 N–H and O–H groups in total. The third-order valence-corrected chi connectivity index (χ3v) is 2.96. The minimum atomic E-state index is 0.889. The average Bonchev–Trinajstić information content (AvgIpc) is 2.83. The van der Waals surface area contributed by atoms with Crippen LogP contribution >= 0.6 is 0 Å². The predicted octanol–water partition coefficient (Wildman–Crippen LogP) is 2.27. The summed E-state index contributed by atoms with van der Waals surface area (Å²) in [7, 11) is 0. The molecule has 0 fully saturated rings. The molecule has 2 aromatic rings. The molecule has 2 aromatic heterocycles. The van der Waals surface area contributed by atoms with Crippen molar-refractivity contribution < 1.29 is 0 Å². The molecule has 0 spiro atoms. The molecule has 2 rings (SSSR count). The highest BCUT2D eigenvalue weighted by atomic mass is 15.4. The van der Waals surface area contributed by atoms with E-state index in [9.17, 15) is 0 Å². The maximum Gasteiger partial charge on any atom is 0.175 e. The van der Waals surface area contributed by atoms with Gasteiger partial charge in [-0.15, -0.1) is 0 Å². The Hall–Kier alpha value is -1.58. The standard InChI is InChI=1S/C12H18N4/c1-5-11-9(3)13-16(10(11)4)12-7-8-15(6-2)14-12/h7-8H,5-6H2,1-4H3. The van der Waals surface area contributed by atoms with Crippen molar-refractivity contribution in [3.63, 3.8) is 0 Å². The highest BCUT2D eigenvalue weighted by molar-refractivity contribution is 5.31. The van der Waals surface area contributed by atoms with E-state index in [-0.39, 0.29) is 0 Å². The first kappa shape index (κ1) is 10.9. The number of aryl methyl sites for hydroxylation is 2. The van der Waals surface area contributed by atoms with Crippen LogP contribution in [0.2, 0.25) is 0 Å². The van der Waals surface area contributed by atoms with Gasteiger partial charge in [0.15, 0.2) is 5.82 Å². The first-order valence-electron chi connectivity index (χ1n) is 5.76. The summed E-state index contributed by atoms with van der Waals surface area (Å²) in [6, 6.07) is 2.00. The van der Waals surface area contributed by atoms with Gasteiger partial charge in [-0.25, -0.2) is 4.68 Å². The Morgan fingerprint density at radius 2 is 1.94 bits per heavy atom. The summed E-state index contributed by atoms with van der Waals surface area (Å²) in [4.78, 5) is 0. The van der Waals surface area contributed by atoms with Crippen LogP contribution in [0, 0.1) is 13.8 Å². The summed E-state index contributed by atoms with van der Waals surface area (Å²) in [6.45, 7) is 9.28. The molecule has 0 unspecified atom stereocenters. The van der Waals surface area contributed by atoms with Crippen LogP contribution in [-0.2, 0) is 13.0 Å². The lowest BCUT2D eigenvalue weighted by Gasteiger charge is -2.00. The zero-order chi connectivity index (χ0) is 11.7. The number of rotatable bonds is 3. The summed E-state index contributed by atoms with van der Waals surface area (Å²) in [6.07, 6.45) is 3.00. The Bertz CT molecular complexity index is 493. The number of hydrogen-bond donors (Lipinski definition) is 0. The van der Waals surface area contributed by atoms with E-state index in [1.807, 2.05) is 21.6 Å². The van der Waals surface area contributed by atoms with Crippen LogP contribution < -0.4 is 0 Å². The fraction of sp³-hybridized carbons (Fsp3) is 0.500. The van der Waals surface area contributed by atoms with Gasteiger partial charge in [0.05, 0.1) is 5.69 Å². The molecule has 16 heavy (non-hydrogen) atoms. The molecule has 4 nitrogen and oxygen atoms in total. The third-order valence-electron chi connectivity index (χ3n) is 2.96. The molecule has 0 saturated heterocycles. The lowest BCUT2D eigenvalue weighted by molar-refractivity contribution is 0.643. The maximum atomic E-state index is 4.54. The Kier molecular flexibility index (Phi) is 2.81. The molecule has 0 aliphatic rings. The minimum Gasteiger partial charge on any atom is -0.271 e. The molecule has 4 heteroatoms. The van der Waals surface area contributed by atoms with Crippen molar-refractivity contribution in [2.24, 2.45) is 0 Å². The molecule has 0 bridgehead atoms. The highest BCUT2D eigenvalue weighted by Gasteiger charge is 2.12. The van der Waals surface area contributed by atoms with Crippen LogP contribution in [0.25, 0.3) is 5.82 Å². The van der Waals surface area contributed by atoms with E-state index in [4.69, 9.17) is 0 Å². The van der Waals surface area contributed by atoms with E-state index >= 15 is 0 Å². The summed E-state index contributed by atoms with van der Waals surface area (Å²) in [5, 5.41) is 9.01. The maximum absolute atomic E-state index is 4.54. The Morgan fingerprint density at radius 3 is 2.44 bits per heavy atom. The summed E-state index contributed by atoms with van der Waals surface area (Å²) >= 11 is 0. The van der Waals surface area contributed by atoms with Crippen molar-refractivity contribution in [2.45, 2.75) is 40.7 Å². The number of hydrogen-bond acceptors (Lipinski definition) is 2. The van der Waals surface area contributed by atoms with E-state index in [1.165, 1.54) is 11.3 Å². The topological polar surface area (TPSA) is 35.6 Å². The normalized spacial score (nSPS) is 11.0. The molecule has 0 radical (unpaired) electrons. The largest absolute Gasteiger partial charge is 0.271 e. The molecule has 0 aliphatic carbocycles. The Labute approximate surface area is 95.9 Å². The lowest BCUT2D eigenvalue weighted by Crippen LogP contribution is -2.02. The smallest absolute Gasteiger partial charge is 0.175 e. The fourth-order valence-electron chi connectivity index (χ4n) is 2.05. The van der Waals surface area contributed by atoms with Crippen molar-refractivity contribution in [2.75, 3.05) is 0 Å². The summed E-state index contributed by atoms with van der Waals surface area (Å²) in [5.74, 6) is 0.905. The van der Waals surface area contributed by atoms with Crippen LogP contribution in [0.5, 0.6) is 0 Å². The van der Waals surface area contributed by atoms with Crippen LogP contribution in [0.15, 0.2) is 12.3 Å². The highest BCUT2D eigenvalue weighted by Crippen LogP contribution is 2.16. The summed E-state index contributed by atoms with van der Waals surface area (Å²) in [5.41, 5.74) is 3.62. The molecule has 86 valence electrons. The molecule has 0 aromatic carbocycles. The molecular weight excluding hydrogens is 200 g/mol. The van der Waals surface area contributed by atoms with Crippen molar-refractivity contribution in [3.8, 4) is 5.82 Å². The Morgan fingerprint density at radius 1 is 1.19 bits per heavy atom. The van der Waals surface area contributed by atoms with Crippen molar-refractivity contribution in [1.29, 1.82) is 0 Å². The van der Waals surface area contributed by atoms with Gasteiger partial charge < -0.3 is 0 Å². The third kappa shape index (κ3) is 1.64. The average molecular weight is 218 g/mol. The van der Waals surface area contributed by atoms with Crippen molar-refractivity contribution >= 4 is 0 Å². The van der Waals surface area contributed by atoms with Crippen LogP contribution in [0.3, 0.4) is 0 Å². The van der Waals surface area contributed by atoms with E-state index in [1.54, 1.807) is 0 Å². The van der Waals surface area contributed by atoms with E-state index in [0.29, 0.717) is 0 Å². The van der Waals surface area contributed by atoms with Crippen LogP contribution in [0.4, 0.5) is 0 Å². The van der Waals surface area contributed by atoms with Gasteiger partial charge in [-0.1, -0.05) is 6.92 Å². The van der Waals surface area contributed by atoms with Gasteiger partial charge in [-0.3, -0.25) is 4.68 Å². The molecule has 2 heterocycles. The van der Waals surface area contributed by atoms with Gasteiger partial charge in [0.1, 0.15) is 0 Å². The molecule has 0 saturated carbocycles. The Balaban J connectivity index is 2.47. The SMILES string of the molecule is CCc1c(C)nn(-c2ccn(CC)n2)c1C. The zero-order valence-electron chi connectivity index (χ0n) is 10.4. The zero-order valence-corrected chi connectivity index (χ0v) is 10.4. The minimum absolute atomic E-state index is 0.889. The molecular formula is C12H18N4. The quantitative estimate of drug-likeness (QED) is 0.792. The molecule has 0 aliphatic heterocycles. The summed E-state index contributed by atoms with van der Waals surface area (Å²) < 4.78 is 3.84. The van der Waals surface area contributed by atoms with Gasteiger partial charge in [0.2, 0.25) is 0 Å². The van der Waals surface area contributed by atoms with Crippen LogP contribution in [0.1, 0.15) is 30.8 Å². The van der Waals surface area contributed by atoms with E-state index < -0.39 is 0 Å². The number of nitrogens with zero attached hydrogens (tertiary/aromatic N) is 4. The fourth-order valence-corrected chi connectivity index (χ4v) is 2.05. The van der Waals surface area contributed by atoms with Gasteiger partial charge >= 0.3 is 0 Å².